The summed E-state index contributed by atoms with van der Waals surface area (Å²) in [4.78, 5) is 0. The van der Waals surface area contributed by atoms with E-state index in [9.17, 15) is 0 Å². The fourth-order valence-corrected chi connectivity index (χ4v) is 2.69. The quantitative estimate of drug-likeness (QED) is 0.755. The summed E-state index contributed by atoms with van der Waals surface area (Å²) in [6.45, 7) is 7.14. The fraction of sp³-hybridized carbons (Fsp3) is 0.647. The molecule has 2 nitrogen and oxygen atoms in total. The van der Waals surface area contributed by atoms with Crippen LogP contribution < -0.4 is 5.32 Å². The zero-order chi connectivity index (χ0) is 13.5. The Balaban J connectivity index is 1.70. The lowest BCUT2D eigenvalue weighted by Crippen LogP contribution is -2.28. The molecular formula is C17H27NO. The molecule has 2 rings (SSSR count). The van der Waals surface area contributed by atoms with Crippen molar-refractivity contribution in [1.29, 1.82) is 0 Å². The first-order chi connectivity index (χ1) is 9.27. The first-order valence-corrected chi connectivity index (χ1v) is 7.66. The molecule has 1 aromatic rings. The summed E-state index contributed by atoms with van der Waals surface area (Å²) in [6, 6.07) is 9.36. The maximum Gasteiger partial charge on any atom is 0.0591 e. The van der Waals surface area contributed by atoms with Gasteiger partial charge < -0.3 is 10.1 Å². The van der Waals surface area contributed by atoms with Crippen LogP contribution in [0.15, 0.2) is 24.3 Å². The summed E-state index contributed by atoms with van der Waals surface area (Å²) in [6.07, 6.45) is 4.94. The largest absolute Gasteiger partial charge is 0.380 e. The van der Waals surface area contributed by atoms with Crippen LogP contribution in [0.5, 0.6) is 0 Å². The number of hydrogen-bond donors (Lipinski definition) is 1. The number of nitrogens with one attached hydrogen (secondary N) is 1. The SMILES string of the molecule is CC(C)CCOCCNC1CCCc2ccccc21. The molecule has 0 saturated carbocycles. The summed E-state index contributed by atoms with van der Waals surface area (Å²) in [7, 11) is 0. The van der Waals surface area contributed by atoms with Crippen molar-refractivity contribution >= 4 is 0 Å². The first kappa shape index (κ1) is 14.5. The minimum atomic E-state index is 0.527. The van der Waals surface area contributed by atoms with E-state index in [4.69, 9.17) is 4.74 Å². The van der Waals surface area contributed by atoms with Crippen LogP contribution in [0.1, 0.15) is 50.3 Å². The van der Waals surface area contributed by atoms with Crippen LogP contribution in [0.3, 0.4) is 0 Å². The Morgan fingerprint density at radius 2 is 2.11 bits per heavy atom. The Morgan fingerprint density at radius 1 is 1.26 bits per heavy atom. The van der Waals surface area contributed by atoms with Gasteiger partial charge in [0.05, 0.1) is 6.61 Å². The van der Waals surface area contributed by atoms with E-state index in [0.29, 0.717) is 6.04 Å². The number of aryl methyl sites for hydroxylation is 1. The highest BCUT2D eigenvalue weighted by atomic mass is 16.5. The van der Waals surface area contributed by atoms with Gasteiger partial charge in [0.25, 0.3) is 0 Å². The van der Waals surface area contributed by atoms with Gasteiger partial charge >= 0.3 is 0 Å². The molecule has 0 radical (unpaired) electrons. The van der Waals surface area contributed by atoms with E-state index >= 15 is 0 Å². The molecule has 0 amide bonds. The molecule has 0 heterocycles. The van der Waals surface area contributed by atoms with E-state index in [1.807, 2.05) is 0 Å². The topological polar surface area (TPSA) is 21.3 Å². The molecule has 1 N–H and O–H groups in total. The molecule has 19 heavy (non-hydrogen) atoms. The average molecular weight is 261 g/mol. The molecule has 0 aromatic heterocycles. The summed E-state index contributed by atoms with van der Waals surface area (Å²) in [5.74, 6) is 0.734. The standard InChI is InChI=1S/C17H27NO/c1-14(2)10-12-19-13-11-18-17-9-5-7-15-6-3-4-8-16(15)17/h3-4,6,8,14,17-18H,5,7,9-13H2,1-2H3. The Hall–Kier alpha value is -0.860. The number of hydrogen-bond acceptors (Lipinski definition) is 2. The van der Waals surface area contributed by atoms with E-state index < -0.39 is 0 Å². The van der Waals surface area contributed by atoms with Crippen LogP contribution in [-0.2, 0) is 11.2 Å². The molecule has 1 atom stereocenters. The van der Waals surface area contributed by atoms with Crippen molar-refractivity contribution in [1.82, 2.24) is 5.32 Å². The summed E-state index contributed by atoms with van der Waals surface area (Å²) in [5, 5.41) is 3.64. The van der Waals surface area contributed by atoms with Gasteiger partial charge in [0, 0.05) is 19.2 Å². The van der Waals surface area contributed by atoms with Gasteiger partial charge in [0.2, 0.25) is 0 Å². The highest BCUT2D eigenvalue weighted by Crippen LogP contribution is 2.29. The first-order valence-electron chi connectivity index (χ1n) is 7.66. The van der Waals surface area contributed by atoms with Crippen molar-refractivity contribution in [2.45, 2.75) is 45.6 Å². The minimum Gasteiger partial charge on any atom is -0.380 e. The van der Waals surface area contributed by atoms with Gasteiger partial charge in [-0.2, -0.15) is 0 Å². The van der Waals surface area contributed by atoms with Crippen molar-refractivity contribution < 1.29 is 4.74 Å². The van der Waals surface area contributed by atoms with Crippen LogP contribution in [0.4, 0.5) is 0 Å². The van der Waals surface area contributed by atoms with E-state index in [-0.39, 0.29) is 0 Å². The normalized spacial score (nSPS) is 18.6. The number of ether oxygens (including phenoxy) is 1. The smallest absolute Gasteiger partial charge is 0.0591 e. The van der Waals surface area contributed by atoms with E-state index in [1.165, 1.54) is 30.4 Å². The van der Waals surface area contributed by atoms with Gasteiger partial charge in [-0.25, -0.2) is 0 Å². The second kappa shape index (κ2) is 7.66. The number of fused-ring (bicyclic) bond motifs is 1. The predicted molar refractivity (Wildman–Crippen MR) is 80.4 cm³/mol. The van der Waals surface area contributed by atoms with Crippen LogP contribution in [0, 0.1) is 5.92 Å². The number of rotatable bonds is 7. The molecule has 2 heteroatoms. The van der Waals surface area contributed by atoms with Crippen molar-refractivity contribution in [3.63, 3.8) is 0 Å². The third-order valence-corrected chi connectivity index (χ3v) is 3.85. The van der Waals surface area contributed by atoms with Crippen LogP contribution in [-0.4, -0.2) is 19.8 Å². The monoisotopic (exact) mass is 261 g/mol. The fourth-order valence-electron chi connectivity index (χ4n) is 2.69. The minimum absolute atomic E-state index is 0.527. The highest BCUT2D eigenvalue weighted by Gasteiger charge is 2.18. The Labute approximate surface area is 117 Å². The maximum absolute atomic E-state index is 5.66. The van der Waals surface area contributed by atoms with Gasteiger partial charge in [-0.3, -0.25) is 0 Å². The molecular weight excluding hydrogens is 234 g/mol. The lowest BCUT2D eigenvalue weighted by atomic mass is 9.88. The van der Waals surface area contributed by atoms with Gasteiger partial charge in [-0.1, -0.05) is 38.1 Å². The van der Waals surface area contributed by atoms with E-state index in [2.05, 4.69) is 43.4 Å². The van der Waals surface area contributed by atoms with Gasteiger partial charge in [0.1, 0.15) is 0 Å². The second-order valence-corrected chi connectivity index (χ2v) is 5.89. The Morgan fingerprint density at radius 3 is 2.95 bits per heavy atom. The highest BCUT2D eigenvalue weighted by molar-refractivity contribution is 5.32. The molecule has 1 aliphatic rings. The van der Waals surface area contributed by atoms with Crippen LogP contribution in [0.2, 0.25) is 0 Å². The van der Waals surface area contributed by atoms with Gasteiger partial charge in [-0.05, 0) is 42.7 Å². The van der Waals surface area contributed by atoms with Gasteiger partial charge in [-0.15, -0.1) is 0 Å². The number of benzene rings is 1. The molecule has 0 spiro atoms. The van der Waals surface area contributed by atoms with E-state index in [0.717, 1.165) is 32.1 Å². The van der Waals surface area contributed by atoms with Crippen molar-refractivity contribution in [2.24, 2.45) is 5.92 Å². The van der Waals surface area contributed by atoms with Crippen LogP contribution >= 0.6 is 0 Å². The predicted octanol–water partition coefficient (Wildman–Crippen LogP) is 3.72. The van der Waals surface area contributed by atoms with Crippen molar-refractivity contribution in [2.75, 3.05) is 19.8 Å². The molecule has 1 aliphatic carbocycles. The van der Waals surface area contributed by atoms with Crippen molar-refractivity contribution in [3.05, 3.63) is 35.4 Å². The zero-order valence-electron chi connectivity index (χ0n) is 12.3. The second-order valence-electron chi connectivity index (χ2n) is 5.89. The Bertz CT molecular complexity index is 375. The molecule has 0 aliphatic heterocycles. The lowest BCUT2D eigenvalue weighted by molar-refractivity contribution is 0.123. The molecule has 0 fully saturated rings. The third kappa shape index (κ3) is 4.63. The molecule has 1 aromatic carbocycles. The third-order valence-electron chi connectivity index (χ3n) is 3.85. The van der Waals surface area contributed by atoms with E-state index in [1.54, 1.807) is 0 Å². The van der Waals surface area contributed by atoms with Gasteiger partial charge in [0.15, 0.2) is 0 Å². The Kier molecular flexibility index (Phi) is 5.87. The zero-order valence-corrected chi connectivity index (χ0v) is 12.3. The maximum atomic E-state index is 5.66. The summed E-state index contributed by atoms with van der Waals surface area (Å²) in [5.41, 5.74) is 3.02. The molecule has 0 saturated heterocycles. The lowest BCUT2D eigenvalue weighted by Gasteiger charge is -2.26. The molecule has 106 valence electrons. The molecule has 0 bridgehead atoms. The molecule has 1 unspecified atom stereocenters. The summed E-state index contributed by atoms with van der Waals surface area (Å²) >= 11 is 0. The van der Waals surface area contributed by atoms with Crippen LogP contribution in [0.25, 0.3) is 0 Å². The summed E-state index contributed by atoms with van der Waals surface area (Å²) < 4.78 is 5.66. The van der Waals surface area contributed by atoms with Crippen molar-refractivity contribution in [3.8, 4) is 0 Å². The average Bonchev–Trinajstić information content (AvgIpc) is 2.42.